The molecule has 1 aromatic rings. The van der Waals surface area contributed by atoms with Crippen molar-refractivity contribution in [2.45, 2.75) is 0 Å². The van der Waals surface area contributed by atoms with Crippen LogP contribution in [0.2, 0.25) is 0 Å². The van der Waals surface area contributed by atoms with Gasteiger partial charge in [-0.15, -0.1) is 0 Å². The number of likely N-dealkylation sites (N-methyl/N-ethyl adjacent to an activating group) is 1. The van der Waals surface area contributed by atoms with Gasteiger partial charge < -0.3 is 20.5 Å². The standard InChI is InChI=1S/C14H20N2O2/c1-16(9-11-17)10-12-18-14-6-4-13(5-7-14)3-2-8-15/h4-7,17H,8-12,15H2,1H3. The van der Waals surface area contributed by atoms with Crippen LogP contribution in [-0.2, 0) is 0 Å². The summed E-state index contributed by atoms with van der Waals surface area (Å²) >= 11 is 0. The number of aliphatic hydroxyl groups is 1. The Morgan fingerprint density at radius 1 is 1.28 bits per heavy atom. The molecular weight excluding hydrogens is 228 g/mol. The number of nitrogens with two attached hydrogens (primary N) is 1. The number of ether oxygens (including phenoxy) is 1. The largest absolute Gasteiger partial charge is 0.492 e. The van der Waals surface area contributed by atoms with Crippen LogP contribution < -0.4 is 10.5 Å². The monoisotopic (exact) mass is 248 g/mol. The van der Waals surface area contributed by atoms with Crippen molar-refractivity contribution in [2.75, 3.05) is 39.9 Å². The van der Waals surface area contributed by atoms with Crippen LogP contribution >= 0.6 is 0 Å². The van der Waals surface area contributed by atoms with E-state index in [1.165, 1.54) is 0 Å². The Bertz CT molecular complexity index is 392. The molecule has 0 heterocycles. The average Bonchev–Trinajstić information content (AvgIpc) is 2.38. The molecule has 0 aromatic heterocycles. The maximum atomic E-state index is 8.75. The van der Waals surface area contributed by atoms with Gasteiger partial charge in [-0.1, -0.05) is 11.8 Å². The maximum absolute atomic E-state index is 8.75. The first kappa shape index (κ1) is 14.5. The van der Waals surface area contributed by atoms with Crippen molar-refractivity contribution >= 4 is 0 Å². The fourth-order valence-electron chi connectivity index (χ4n) is 1.39. The van der Waals surface area contributed by atoms with Crippen LogP contribution in [-0.4, -0.2) is 49.9 Å². The molecule has 4 nitrogen and oxygen atoms in total. The molecule has 98 valence electrons. The number of benzene rings is 1. The van der Waals surface area contributed by atoms with Crippen molar-refractivity contribution in [3.05, 3.63) is 29.8 Å². The Balaban J connectivity index is 2.35. The molecule has 0 aliphatic carbocycles. The Kier molecular flexibility index (Phi) is 6.89. The van der Waals surface area contributed by atoms with E-state index in [9.17, 15) is 0 Å². The minimum absolute atomic E-state index is 0.172. The predicted molar refractivity (Wildman–Crippen MR) is 72.5 cm³/mol. The van der Waals surface area contributed by atoms with E-state index in [0.717, 1.165) is 17.9 Å². The van der Waals surface area contributed by atoms with Gasteiger partial charge in [0.25, 0.3) is 0 Å². The number of nitrogens with zero attached hydrogens (tertiary/aromatic N) is 1. The zero-order chi connectivity index (χ0) is 13.2. The molecule has 0 saturated carbocycles. The van der Waals surface area contributed by atoms with E-state index in [2.05, 4.69) is 11.8 Å². The molecular formula is C14H20N2O2. The highest BCUT2D eigenvalue weighted by atomic mass is 16.5. The van der Waals surface area contributed by atoms with Gasteiger partial charge in [-0.2, -0.15) is 0 Å². The number of hydrogen-bond acceptors (Lipinski definition) is 4. The summed E-state index contributed by atoms with van der Waals surface area (Å²) < 4.78 is 5.59. The average molecular weight is 248 g/mol. The molecule has 0 radical (unpaired) electrons. The van der Waals surface area contributed by atoms with Crippen molar-refractivity contribution in [3.8, 4) is 17.6 Å². The SMILES string of the molecule is CN(CCO)CCOc1ccc(C#CCN)cc1. The molecule has 4 heteroatoms. The Labute approximate surface area is 108 Å². The summed E-state index contributed by atoms with van der Waals surface area (Å²) in [4.78, 5) is 2.01. The van der Waals surface area contributed by atoms with Crippen LogP contribution in [0.15, 0.2) is 24.3 Å². The quantitative estimate of drug-likeness (QED) is 0.711. The normalized spacial score (nSPS) is 10.0. The molecule has 0 aliphatic rings. The third-order valence-electron chi connectivity index (χ3n) is 2.41. The first-order chi connectivity index (χ1) is 8.76. The van der Waals surface area contributed by atoms with Gasteiger partial charge in [-0.05, 0) is 31.3 Å². The molecule has 0 unspecified atom stereocenters. The van der Waals surface area contributed by atoms with Gasteiger partial charge in [0.05, 0.1) is 13.2 Å². The first-order valence-electron chi connectivity index (χ1n) is 5.97. The van der Waals surface area contributed by atoms with Crippen LogP contribution in [0.25, 0.3) is 0 Å². The van der Waals surface area contributed by atoms with E-state index < -0.39 is 0 Å². The van der Waals surface area contributed by atoms with Crippen molar-refractivity contribution < 1.29 is 9.84 Å². The highest BCUT2D eigenvalue weighted by Gasteiger charge is 1.98. The molecule has 0 amide bonds. The lowest BCUT2D eigenvalue weighted by molar-refractivity contribution is 0.192. The summed E-state index contributed by atoms with van der Waals surface area (Å²) in [6.45, 7) is 2.59. The summed E-state index contributed by atoms with van der Waals surface area (Å²) in [5.41, 5.74) is 6.24. The molecule has 3 N–H and O–H groups in total. The van der Waals surface area contributed by atoms with Crippen molar-refractivity contribution in [1.29, 1.82) is 0 Å². The van der Waals surface area contributed by atoms with Crippen molar-refractivity contribution in [1.82, 2.24) is 4.90 Å². The smallest absolute Gasteiger partial charge is 0.119 e. The van der Waals surface area contributed by atoms with Gasteiger partial charge in [0.1, 0.15) is 12.4 Å². The highest BCUT2D eigenvalue weighted by molar-refractivity contribution is 5.38. The third-order valence-corrected chi connectivity index (χ3v) is 2.41. The van der Waals surface area contributed by atoms with E-state index in [0.29, 0.717) is 19.7 Å². The minimum Gasteiger partial charge on any atom is -0.492 e. The van der Waals surface area contributed by atoms with E-state index in [4.69, 9.17) is 15.6 Å². The van der Waals surface area contributed by atoms with Gasteiger partial charge in [-0.25, -0.2) is 0 Å². The van der Waals surface area contributed by atoms with Gasteiger partial charge in [0, 0.05) is 18.7 Å². The zero-order valence-corrected chi connectivity index (χ0v) is 10.7. The lowest BCUT2D eigenvalue weighted by Crippen LogP contribution is -2.27. The molecule has 18 heavy (non-hydrogen) atoms. The second-order valence-electron chi connectivity index (χ2n) is 3.91. The van der Waals surface area contributed by atoms with Crippen LogP contribution in [0.3, 0.4) is 0 Å². The van der Waals surface area contributed by atoms with E-state index in [-0.39, 0.29) is 6.61 Å². The highest BCUT2D eigenvalue weighted by Crippen LogP contribution is 2.11. The Morgan fingerprint density at radius 2 is 2.00 bits per heavy atom. The first-order valence-corrected chi connectivity index (χ1v) is 5.97. The molecule has 0 spiro atoms. The van der Waals surface area contributed by atoms with E-state index >= 15 is 0 Å². The summed E-state index contributed by atoms with van der Waals surface area (Å²) in [5, 5.41) is 8.75. The summed E-state index contributed by atoms with van der Waals surface area (Å²) in [6, 6.07) is 7.62. The van der Waals surface area contributed by atoms with Crippen molar-refractivity contribution in [2.24, 2.45) is 5.73 Å². The Hall–Kier alpha value is -1.54. The van der Waals surface area contributed by atoms with Crippen LogP contribution in [0, 0.1) is 11.8 Å². The summed E-state index contributed by atoms with van der Waals surface area (Å²) in [6.07, 6.45) is 0. The topological polar surface area (TPSA) is 58.7 Å². The third kappa shape index (κ3) is 5.69. The summed E-state index contributed by atoms with van der Waals surface area (Å²) in [5.74, 6) is 6.58. The summed E-state index contributed by atoms with van der Waals surface area (Å²) in [7, 11) is 1.95. The maximum Gasteiger partial charge on any atom is 0.119 e. The van der Waals surface area contributed by atoms with Crippen molar-refractivity contribution in [3.63, 3.8) is 0 Å². The predicted octanol–water partition coefficient (Wildman–Crippen LogP) is 0.300. The number of hydrogen-bond donors (Lipinski definition) is 2. The number of rotatable bonds is 6. The lowest BCUT2D eigenvalue weighted by atomic mass is 10.2. The molecule has 0 aliphatic heterocycles. The second-order valence-corrected chi connectivity index (χ2v) is 3.91. The van der Waals surface area contributed by atoms with Crippen LogP contribution in [0.4, 0.5) is 0 Å². The van der Waals surface area contributed by atoms with Gasteiger partial charge in [0.2, 0.25) is 0 Å². The van der Waals surface area contributed by atoms with Crippen LogP contribution in [0.1, 0.15) is 5.56 Å². The van der Waals surface area contributed by atoms with E-state index in [1.54, 1.807) is 0 Å². The van der Waals surface area contributed by atoms with Gasteiger partial charge in [-0.3, -0.25) is 0 Å². The van der Waals surface area contributed by atoms with E-state index in [1.807, 2.05) is 36.2 Å². The Morgan fingerprint density at radius 3 is 2.61 bits per heavy atom. The fourth-order valence-corrected chi connectivity index (χ4v) is 1.39. The molecule has 1 aromatic carbocycles. The molecule has 1 rings (SSSR count). The minimum atomic E-state index is 0.172. The zero-order valence-electron chi connectivity index (χ0n) is 10.7. The van der Waals surface area contributed by atoms with Gasteiger partial charge in [0.15, 0.2) is 0 Å². The second kappa shape index (κ2) is 8.54. The molecule has 0 bridgehead atoms. The molecule has 0 saturated heterocycles. The molecule has 0 atom stereocenters. The van der Waals surface area contributed by atoms with Gasteiger partial charge >= 0.3 is 0 Å². The number of aliphatic hydroxyl groups excluding tert-OH is 1. The molecule has 0 fully saturated rings. The fraction of sp³-hybridized carbons (Fsp3) is 0.429. The van der Waals surface area contributed by atoms with Crippen LogP contribution in [0.5, 0.6) is 5.75 Å². The lowest BCUT2D eigenvalue weighted by Gasteiger charge is -2.15.